The molecule has 1 fully saturated rings. The number of benzene rings is 7. The Morgan fingerprint density at radius 2 is 1.04 bits per heavy atom. The molecule has 0 spiro atoms. The SMILES string of the molecule is C.C.C.C.C.C.C.CC#Cc1ccccc1.CN1CCC(c2ccccc2)CC1.CN=Nc1ccccc1.COc1ccc(N(C)C)cc1.Cc1ccc(-c2ccccc2)cc1.Cc1nnn(-c2ccccc2)n1. The topological polar surface area (TPSA) is 84.0 Å². The molecule has 0 amide bonds. The lowest BCUT2D eigenvalue weighted by Crippen LogP contribution is -2.29. The summed E-state index contributed by atoms with van der Waals surface area (Å²) in [5, 5.41) is 19.2. The summed E-state index contributed by atoms with van der Waals surface area (Å²) in [7, 11) is 9.57. The van der Waals surface area contributed by atoms with Crippen LogP contribution in [0.4, 0.5) is 11.4 Å². The maximum absolute atomic E-state index is 5.03. The van der Waals surface area contributed by atoms with Crippen molar-refractivity contribution >= 4 is 11.4 Å². The minimum Gasteiger partial charge on any atom is -0.497 e. The molecule has 9 heteroatoms. The highest BCUT2D eigenvalue weighted by molar-refractivity contribution is 5.63. The molecule has 8 aromatic rings. The van der Waals surface area contributed by atoms with Crippen LogP contribution in [0.3, 0.4) is 0 Å². The first-order chi connectivity index (χ1) is 32.7. The number of azo groups is 1. The van der Waals surface area contributed by atoms with E-state index in [4.69, 9.17) is 4.74 Å². The summed E-state index contributed by atoms with van der Waals surface area (Å²) < 4.78 is 5.03. The van der Waals surface area contributed by atoms with Crippen molar-refractivity contribution in [2.75, 3.05) is 53.3 Å². The molecule has 0 radical (unpaired) electrons. The van der Waals surface area contributed by atoms with Crippen molar-refractivity contribution in [3.8, 4) is 34.4 Å². The number of tetrazole rings is 1. The van der Waals surface area contributed by atoms with E-state index < -0.39 is 0 Å². The van der Waals surface area contributed by atoms with Gasteiger partial charge in [0.2, 0.25) is 0 Å². The highest BCUT2D eigenvalue weighted by Gasteiger charge is 2.17. The zero-order chi connectivity index (χ0) is 47.9. The van der Waals surface area contributed by atoms with Crippen molar-refractivity contribution in [3.63, 3.8) is 0 Å². The van der Waals surface area contributed by atoms with E-state index >= 15 is 0 Å². The van der Waals surface area contributed by atoms with Gasteiger partial charge < -0.3 is 14.5 Å². The first kappa shape index (κ1) is 72.9. The number of methoxy groups -OCH3 is 1. The number of anilines is 1. The van der Waals surface area contributed by atoms with Crippen molar-refractivity contribution in [1.82, 2.24) is 25.1 Å². The van der Waals surface area contributed by atoms with Gasteiger partial charge in [-0.3, -0.25) is 0 Å². The van der Waals surface area contributed by atoms with Gasteiger partial charge in [0.25, 0.3) is 0 Å². The quantitative estimate of drug-likeness (QED) is 0.122. The van der Waals surface area contributed by atoms with Crippen LogP contribution in [0.5, 0.6) is 5.75 Å². The van der Waals surface area contributed by atoms with E-state index in [9.17, 15) is 0 Å². The molecule has 1 aliphatic heterocycles. The highest BCUT2D eigenvalue weighted by atomic mass is 16.5. The number of aromatic nitrogens is 4. The first-order valence-corrected chi connectivity index (χ1v) is 22.5. The lowest BCUT2D eigenvalue weighted by atomic mass is 9.90. The number of aryl methyl sites for hydroxylation is 2. The Labute approximate surface area is 451 Å². The molecule has 1 saturated heterocycles. The Balaban J connectivity index is -0.000000392. The summed E-state index contributed by atoms with van der Waals surface area (Å²) in [6.07, 6.45) is 2.64. The normalized spacial score (nSPS) is 10.5. The number of ether oxygens (including phenoxy) is 1. The standard InChI is InChI=1S/C13H12.C12H17N.C9H13NO.C9H8.C8H8N4.C7H8N2.7CH4/c1-11-7-9-13(10-8-11)12-5-3-2-4-6-12;1-13-9-7-12(8-10-13)11-5-3-2-4-6-11;1-10(2)8-4-6-9(11-3)7-5-8;1-2-6-9-7-4-3-5-8-9;1-7-9-11-12(10-7)8-5-3-2-4-6-8;1-8-9-7-5-3-2-4-6-7;;;;;;;/h2-10H,1H3;2-6,12H,7-10H2,1H3;4-7H,1-3H3;3-5,7-8H,1H3;2-6H,1H3;2-6H,1H3;7*1H4. The maximum Gasteiger partial charge on any atom is 0.172 e. The van der Waals surface area contributed by atoms with Gasteiger partial charge in [-0.25, -0.2) is 0 Å². The van der Waals surface area contributed by atoms with Crippen LogP contribution in [-0.2, 0) is 0 Å². The van der Waals surface area contributed by atoms with Crippen LogP contribution >= 0.6 is 0 Å². The third-order valence-electron chi connectivity index (χ3n) is 10.3. The van der Waals surface area contributed by atoms with Crippen LogP contribution < -0.4 is 9.64 Å². The largest absolute Gasteiger partial charge is 0.497 e. The molecule has 0 N–H and O–H groups in total. The molecule has 0 unspecified atom stereocenters. The van der Waals surface area contributed by atoms with Gasteiger partial charge in [-0.2, -0.15) is 10.2 Å². The zero-order valence-corrected chi connectivity index (χ0v) is 40.4. The summed E-state index contributed by atoms with van der Waals surface area (Å²) in [5.41, 5.74) is 9.49. The van der Waals surface area contributed by atoms with Crippen molar-refractivity contribution < 1.29 is 4.74 Å². The van der Waals surface area contributed by atoms with Crippen molar-refractivity contribution in [2.45, 2.75) is 91.5 Å². The molecule has 74 heavy (non-hydrogen) atoms. The van der Waals surface area contributed by atoms with E-state index in [0.717, 1.165) is 28.6 Å². The van der Waals surface area contributed by atoms with Crippen molar-refractivity contribution in [3.05, 3.63) is 223 Å². The van der Waals surface area contributed by atoms with Crippen LogP contribution in [0.2, 0.25) is 0 Å². The Morgan fingerprint density at radius 1 is 0.581 bits per heavy atom. The molecule has 0 saturated carbocycles. The molecule has 1 aliphatic rings. The minimum absolute atomic E-state index is 0. The fourth-order valence-corrected chi connectivity index (χ4v) is 6.55. The third-order valence-corrected chi connectivity index (χ3v) is 10.3. The number of para-hydroxylation sites is 1. The van der Waals surface area contributed by atoms with E-state index in [1.54, 1.807) is 14.2 Å². The summed E-state index contributed by atoms with van der Waals surface area (Å²) >= 11 is 0. The number of piperidine rings is 1. The van der Waals surface area contributed by atoms with E-state index in [0.29, 0.717) is 5.82 Å². The molecular weight excluding hydrogens is 909 g/mol. The Morgan fingerprint density at radius 3 is 1.49 bits per heavy atom. The number of likely N-dealkylation sites (tertiary alicyclic amines) is 1. The minimum atomic E-state index is 0. The molecule has 0 bridgehead atoms. The third kappa shape index (κ3) is 28.4. The van der Waals surface area contributed by atoms with Crippen LogP contribution in [-0.4, -0.2) is 73.5 Å². The molecule has 9 rings (SSSR count). The van der Waals surface area contributed by atoms with E-state index in [2.05, 4.69) is 140 Å². The van der Waals surface area contributed by atoms with Crippen LogP contribution in [0, 0.1) is 25.7 Å². The van der Waals surface area contributed by atoms with Gasteiger partial charge >= 0.3 is 0 Å². The molecular formula is C65H94N8O. The maximum atomic E-state index is 5.03. The van der Waals surface area contributed by atoms with Gasteiger partial charge in [0.1, 0.15) is 5.75 Å². The fourth-order valence-electron chi connectivity index (χ4n) is 6.55. The predicted octanol–water partition coefficient (Wildman–Crippen LogP) is 17.8. The van der Waals surface area contributed by atoms with E-state index in [-0.39, 0.29) is 52.0 Å². The summed E-state index contributed by atoms with van der Waals surface area (Å²) in [6.45, 7) is 8.26. The molecule has 7 aromatic carbocycles. The lowest BCUT2D eigenvalue weighted by molar-refractivity contribution is 0.255. The van der Waals surface area contributed by atoms with E-state index in [1.807, 2.05) is 149 Å². The fraction of sp³-hybridized carbons (Fsp3) is 0.308. The first-order valence-electron chi connectivity index (χ1n) is 22.5. The molecule has 9 nitrogen and oxygen atoms in total. The van der Waals surface area contributed by atoms with Crippen molar-refractivity contribution in [2.24, 2.45) is 10.2 Å². The molecule has 0 aliphatic carbocycles. The van der Waals surface area contributed by atoms with Gasteiger partial charge in [-0.05, 0) is 142 Å². The lowest BCUT2D eigenvalue weighted by Gasteiger charge is -2.29. The van der Waals surface area contributed by atoms with Gasteiger partial charge in [-0.1, -0.05) is 203 Å². The highest BCUT2D eigenvalue weighted by Crippen LogP contribution is 2.27. The Hall–Kier alpha value is -7.67. The zero-order valence-electron chi connectivity index (χ0n) is 40.4. The second-order valence-corrected chi connectivity index (χ2v) is 15.7. The summed E-state index contributed by atoms with van der Waals surface area (Å²) in [4.78, 5) is 5.98. The van der Waals surface area contributed by atoms with Gasteiger partial charge in [0.05, 0.1) is 18.5 Å². The van der Waals surface area contributed by atoms with Gasteiger partial charge in [0, 0.05) is 32.4 Å². The molecule has 400 valence electrons. The monoisotopic (exact) mass is 1000 g/mol. The Bertz CT molecular complexity index is 2570. The predicted molar refractivity (Wildman–Crippen MR) is 327 cm³/mol. The van der Waals surface area contributed by atoms with Crippen LogP contribution in [0.15, 0.2) is 210 Å². The number of hydrogen-bond donors (Lipinski definition) is 0. The van der Waals surface area contributed by atoms with Gasteiger partial charge in [0.15, 0.2) is 5.82 Å². The van der Waals surface area contributed by atoms with Crippen LogP contribution in [0.1, 0.15) is 100 Å². The smallest absolute Gasteiger partial charge is 0.172 e. The van der Waals surface area contributed by atoms with Gasteiger partial charge in [-0.15, -0.1) is 20.9 Å². The number of nitrogens with zero attached hydrogens (tertiary/aromatic N) is 8. The number of rotatable bonds is 6. The number of hydrogen-bond acceptors (Lipinski definition) is 8. The van der Waals surface area contributed by atoms with Crippen LogP contribution in [0.25, 0.3) is 16.8 Å². The average molecular weight is 1000 g/mol. The molecule has 2 heterocycles. The summed E-state index contributed by atoms with van der Waals surface area (Å²) in [6, 6.07) is 67.2. The summed E-state index contributed by atoms with van der Waals surface area (Å²) in [5.74, 6) is 8.17. The Kier molecular flexibility index (Phi) is 42.3. The second kappa shape index (κ2) is 43.0. The average Bonchev–Trinajstić information content (AvgIpc) is 3.83. The molecule has 0 atom stereocenters. The molecule has 1 aromatic heterocycles. The van der Waals surface area contributed by atoms with E-state index in [1.165, 1.54) is 58.7 Å². The van der Waals surface area contributed by atoms with Crippen molar-refractivity contribution in [1.29, 1.82) is 0 Å². The second-order valence-electron chi connectivity index (χ2n) is 15.7.